The molecule has 3 nitrogen and oxygen atoms in total. The topological polar surface area (TPSA) is 50.9 Å². The highest BCUT2D eigenvalue weighted by atomic mass is 15.0. The number of nitrogens with one attached hydrogen (secondary N) is 1. The standard InChI is InChI=1S/C16H27N3/c1-11-6-14(18-9-13(11)17)19-12-7-15(2,3)10-16(4,5)8-12/h6,9,12H,7-8,10,17H2,1-5H3,(H,18,19). The zero-order valence-corrected chi connectivity index (χ0v) is 12.9. The second-order valence-corrected chi connectivity index (χ2v) is 7.68. The van der Waals surface area contributed by atoms with Crippen molar-refractivity contribution in [2.75, 3.05) is 11.1 Å². The Labute approximate surface area is 117 Å². The Morgan fingerprint density at radius 1 is 1.21 bits per heavy atom. The van der Waals surface area contributed by atoms with E-state index in [4.69, 9.17) is 5.73 Å². The van der Waals surface area contributed by atoms with Crippen LogP contribution in [0.1, 0.15) is 52.5 Å². The summed E-state index contributed by atoms with van der Waals surface area (Å²) in [6, 6.07) is 2.54. The van der Waals surface area contributed by atoms with Crippen LogP contribution in [0.5, 0.6) is 0 Å². The fourth-order valence-corrected chi connectivity index (χ4v) is 3.80. The first-order valence-electron chi connectivity index (χ1n) is 7.16. The Bertz CT molecular complexity index is 447. The van der Waals surface area contributed by atoms with Crippen molar-refractivity contribution in [3.05, 3.63) is 17.8 Å². The Balaban J connectivity index is 2.11. The molecule has 0 bridgehead atoms. The molecular weight excluding hydrogens is 234 g/mol. The van der Waals surface area contributed by atoms with Gasteiger partial charge in [0.05, 0.1) is 11.9 Å². The molecule has 1 aliphatic rings. The van der Waals surface area contributed by atoms with Gasteiger partial charge in [-0.1, -0.05) is 27.7 Å². The molecule has 1 heterocycles. The van der Waals surface area contributed by atoms with Crippen LogP contribution in [0.15, 0.2) is 12.3 Å². The fourth-order valence-electron chi connectivity index (χ4n) is 3.80. The first kappa shape index (κ1) is 14.2. The molecule has 1 aromatic heterocycles. The van der Waals surface area contributed by atoms with Crippen LogP contribution in [-0.4, -0.2) is 11.0 Å². The summed E-state index contributed by atoms with van der Waals surface area (Å²) < 4.78 is 0. The van der Waals surface area contributed by atoms with E-state index in [2.05, 4.69) is 38.0 Å². The van der Waals surface area contributed by atoms with Crippen molar-refractivity contribution in [1.29, 1.82) is 0 Å². The predicted molar refractivity (Wildman–Crippen MR) is 82.2 cm³/mol. The zero-order chi connectivity index (χ0) is 14.3. The van der Waals surface area contributed by atoms with Crippen molar-refractivity contribution in [1.82, 2.24) is 4.98 Å². The minimum Gasteiger partial charge on any atom is -0.397 e. The van der Waals surface area contributed by atoms with Gasteiger partial charge in [0.2, 0.25) is 0 Å². The molecule has 0 aromatic carbocycles. The van der Waals surface area contributed by atoms with Crippen LogP contribution in [0.3, 0.4) is 0 Å². The summed E-state index contributed by atoms with van der Waals surface area (Å²) in [6.45, 7) is 11.5. The van der Waals surface area contributed by atoms with Crippen LogP contribution >= 0.6 is 0 Å². The Morgan fingerprint density at radius 3 is 2.32 bits per heavy atom. The number of nitrogens with two attached hydrogens (primary N) is 1. The lowest BCUT2D eigenvalue weighted by atomic mass is 9.63. The summed E-state index contributed by atoms with van der Waals surface area (Å²) in [7, 11) is 0. The van der Waals surface area contributed by atoms with E-state index >= 15 is 0 Å². The van der Waals surface area contributed by atoms with Crippen LogP contribution in [0, 0.1) is 17.8 Å². The number of hydrogen-bond donors (Lipinski definition) is 2. The van der Waals surface area contributed by atoms with Crippen LogP contribution in [0.25, 0.3) is 0 Å². The highest BCUT2D eigenvalue weighted by molar-refractivity contribution is 5.51. The van der Waals surface area contributed by atoms with Gasteiger partial charge in [-0.25, -0.2) is 4.98 Å². The second-order valence-electron chi connectivity index (χ2n) is 7.68. The molecular formula is C16H27N3. The first-order chi connectivity index (χ1) is 8.67. The molecule has 0 unspecified atom stereocenters. The van der Waals surface area contributed by atoms with Gasteiger partial charge in [0.15, 0.2) is 0 Å². The summed E-state index contributed by atoms with van der Waals surface area (Å²) >= 11 is 0. The second kappa shape index (κ2) is 4.69. The van der Waals surface area contributed by atoms with Crippen LogP contribution in [0.2, 0.25) is 0 Å². The molecule has 3 heteroatoms. The summed E-state index contributed by atoms with van der Waals surface area (Å²) in [5, 5.41) is 3.59. The molecule has 0 atom stereocenters. The summed E-state index contributed by atoms with van der Waals surface area (Å²) in [6.07, 6.45) is 5.42. The van der Waals surface area contributed by atoms with E-state index in [9.17, 15) is 0 Å². The third-order valence-electron chi connectivity index (χ3n) is 4.06. The average molecular weight is 261 g/mol. The van der Waals surface area contributed by atoms with Crippen molar-refractivity contribution in [2.24, 2.45) is 10.8 Å². The lowest BCUT2D eigenvalue weighted by molar-refractivity contribution is 0.105. The van der Waals surface area contributed by atoms with Gasteiger partial charge in [-0.15, -0.1) is 0 Å². The highest BCUT2D eigenvalue weighted by Crippen LogP contribution is 2.46. The maximum absolute atomic E-state index is 5.82. The fraction of sp³-hybridized carbons (Fsp3) is 0.688. The van der Waals surface area contributed by atoms with E-state index in [1.54, 1.807) is 6.20 Å². The van der Waals surface area contributed by atoms with Crippen LogP contribution in [0.4, 0.5) is 11.5 Å². The molecule has 2 rings (SSSR count). The Kier molecular flexibility index (Phi) is 3.50. The number of rotatable bonds is 2. The maximum atomic E-state index is 5.82. The van der Waals surface area contributed by atoms with Crippen LogP contribution < -0.4 is 11.1 Å². The first-order valence-corrected chi connectivity index (χ1v) is 7.16. The van der Waals surface area contributed by atoms with Crippen LogP contribution in [-0.2, 0) is 0 Å². The van der Waals surface area contributed by atoms with Gasteiger partial charge in [0.25, 0.3) is 0 Å². The molecule has 0 radical (unpaired) electrons. The van der Waals surface area contributed by atoms with Gasteiger partial charge >= 0.3 is 0 Å². The van der Waals surface area contributed by atoms with E-state index in [0.717, 1.165) is 17.1 Å². The summed E-state index contributed by atoms with van der Waals surface area (Å²) in [4.78, 5) is 4.39. The van der Waals surface area contributed by atoms with Crippen molar-refractivity contribution >= 4 is 11.5 Å². The lowest BCUT2D eigenvalue weighted by Gasteiger charge is -2.45. The van der Waals surface area contributed by atoms with Gasteiger partial charge in [0.1, 0.15) is 5.82 Å². The number of hydrogen-bond acceptors (Lipinski definition) is 3. The Morgan fingerprint density at radius 2 is 1.79 bits per heavy atom. The molecule has 19 heavy (non-hydrogen) atoms. The summed E-state index contributed by atoms with van der Waals surface area (Å²) in [5.41, 5.74) is 8.45. The smallest absolute Gasteiger partial charge is 0.126 e. The van der Waals surface area contributed by atoms with Gasteiger partial charge in [0, 0.05) is 6.04 Å². The maximum Gasteiger partial charge on any atom is 0.126 e. The largest absolute Gasteiger partial charge is 0.397 e. The number of nitrogens with zero attached hydrogens (tertiary/aromatic N) is 1. The molecule has 3 N–H and O–H groups in total. The number of nitrogen functional groups attached to an aromatic ring is 1. The average Bonchev–Trinajstić information content (AvgIpc) is 2.18. The van der Waals surface area contributed by atoms with E-state index in [1.807, 2.05) is 13.0 Å². The molecule has 1 fully saturated rings. The molecule has 0 amide bonds. The van der Waals surface area contributed by atoms with Gasteiger partial charge in [-0.3, -0.25) is 0 Å². The monoisotopic (exact) mass is 261 g/mol. The van der Waals surface area contributed by atoms with Crippen molar-refractivity contribution in [2.45, 2.75) is 59.9 Å². The third-order valence-corrected chi connectivity index (χ3v) is 4.06. The SMILES string of the molecule is Cc1cc(NC2CC(C)(C)CC(C)(C)C2)ncc1N. The number of anilines is 2. The molecule has 0 saturated heterocycles. The van der Waals surface area contributed by atoms with E-state index in [-0.39, 0.29) is 0 Å². The molecule has 0 spiro atoms. The van der Waals surface area contributed by atoms with E-state index in [1.165, 1.54) is 19.3 Å². The van der Waals surface area contributed by atoms with Crippen molar-refractivity contribution in [3.63, 3.8) is 0 Å². The molecule has 106 valence electrons. The van der Waals surface area contributed by atoms with Gasteiger partial charge in [-0.2, -0.15) is 0 Å². The van der Waals surface area contributed by atoms with Crippen molar-refractivity contribution < 1.29 is 0 Å². The van der Waals surface area contributed by atoms with Gasteiger partial charge in [-0.05, 0) is 48.6 Å². The molecule has 1 aliphatic carbocycles. The predicted octanol–water partition coefficient (Wildman–Crippen LogP) is 3.99. The molecule has 1 aromatic rings. The number of pyridine rings is 1. The lowest BCUT2D eigenvalue weighted by Crippen LogP contribution is -2.40. The quantitative estimate of drug-likeness (QED) is 0.846. The van der Waals surface area contributed by atoms with E-state index < -0.39 is 0 Å². The molecule has 0 aliphatic heterocycles. The van der Waals surface area contributed by atoms with Crippen molar-refractivity contribution in [3.8, 4) is 0 Å². The normalized spacial score (nSPS) is 22.2. The molecule has 1 saturated carbocycles. The zero-order valence-electron chi connectivity index (χ0n) is 12.9. The summed E-state index contributed by atoms with van der Waals surface area (Å²) in [5.74, 6) is 0.949. The minimum absolute atomic E-state index is 0.391. The third kappa shape index (κ3) is 3.62. The van der Waals surface area contributed by atoms with Gasteiger partial charge < -0.3 is 11.1 Å². The highest BCUT2D eigenvalue weighted by Gasteiger charge is 2.38. The number of aromatic nitrogens is 1. The minimum atomic E-state index is 0.391. The number of aryl methyl sites for hydroxylation is 1. The van der Waals surface area contributed by atoms with E-state index in [0.29, 0.717) is 16.9 Å². The Hall–Kier alpha value is -1.25.